The van der Waals surface area contributed by atoms with Gasteiger partial charge in [0.15, 0.2) is 0 Å². The van der Waals surface area contributed by atoms with Gasteiger partial charge in [0.25, 0.3) is 0 Å². The lowest BCUT2D eigenvalue weighted by atomic mass is 9.68. The summed E-state index contributed by atoms with van der Waals surface area (Å²) < 4.78 is 0. The molecule has 4 N–H and O–H groups in total. The molecule has 0 aliphatic rings. The fourth-order valence-corrected chi connectivity index (χ4v) is 8.08. The second-order valence-corrected chi connectivity index (χ2v) is 16.5. The Morgan fingerprint density at radius 3 is 0.635 bits per heavy atom. The second-order valence-electron chi connectivity index (χ2n) is 16.5. The number of rotatable bonds is 40. The van der Waals surface area contributed by atoms with Crippen LogP contribution in [-0.4, -0.2) is 34.3 Å². The molecule has 1 aromatic rings. The first-order valence-electron chi connectivity index (χ1n) is 23.4. The molecule has 0 fully saturated rings. The van der Waals surface area contributed by atoms with Gasteiger partial charge in [0.05, 0.1) is 0 Å². The van der Waals surface area contributed by atoms with Crippen LogP contribution in [-0.2, 0) is 12.8 Å². The maximum Gasteiger partial charge on any atom is 0.488 e. The molecule has 1 rings (SSSR count). The minimum atomic E-state index is -1.53. The molecule has 0 aromatic heterocycles. The molecule has 0 aliphatic heterocycles. The van der Waals surface area contributed by atoms with Gasteiger partial charge in [-0.2, -0.15) is 0 Å². The zero-order chi connectivity index (χ0) is 37.7. The minimum absolute atomic E-state index is 0.536. The van der Waals surface area contributed by atoms with Gasteiger partial charge in [0, 0.05) is 0 Å². The van der Waals surface area contributed by atoms with Gasteiger partial charge in [-0.1, -0.05) is 244 Å². The molecule has 6 heteroatoms. The summed E-state index contributed by atoms with van der Waals surface area (Å²) in [6.45, 7) is 4.57. The summed E-state index contributed by atoms with van der Waals surface area (Å²) in [6, 6.07) is 3.66. The number of hydrogen-bond acceptors (Lipinski definition) is 4. The van der Waals surface area contributed by atoms with Gasteiger partial charge in [-0.05, 0) is 47.7 Å². The van der Waals surface area contributed by atoms with Crippen molar-refractivity contribution in [3.63, 3.8) is 0 Å². The highest BCUT2D eigenvalue weighted by molar-refractivity contribution is 6.61. The van der Waals surface area contributed by atoms with E-state index in [1.807, 2.05) is 12.1 Å². The summed E-state index contributed by atoms with van der Waals surface area (Å²) in [5, 5.41) is 40.7. The van der Waals surface area contributed by atoms with E-state index in [2.05, 4.69) is 13.8 Å². The standard InChI is InChI=1S/C46H88B2O4/c1-3-5-7-9-11-13-15-17-19-21-23-25-27-29-31-33-35-37-39-43-41-46(48(51)52)44(42-45(43)47(49)50)40-38-36-34-32-30-28-26-24-22-20-18-16-14-12-10-8-6-4-2/h41-42,49-52H,3-40H2,1-2H3. The Morgan fingerprint density at radius 2 is 0.462 bits per heavy atom. The van der Waals surface area contributed by atoms with Crippen LogP contribution in [0.5, 0.6) is 0 Å². The van der Waals surface area contributed by atoms with E-state index in [9.17, 15) is 20.1 Å². The summed E-state index contributed by atoms with van der Waals surface area (Å²) in [5.41, 5.74) is 2.76. The lowest BCUT2D eigenvalue weighted by Crippen LogP contribution is -2.40. The number of aryl methyl sites for hydroxylation is 2. The summed E-state index contributed by atoms with van der Waals surface area (Å²) in [5.74, 6) is 0. The second kappa shape index (κ2) is 37.1. The molecule has 0 bridgehead atoms. The highest BCUT2D eigenvalue weighted by Gasteiger charge is 2.23. The Morgan fingerprint density at radius 1 is 0.288 bits per heavy atom. The number of unbranched alkanes of at least 4 members (excludes halogenated alkanes) is 34. The minimum Gasteiger partial charge on any atom is -0.423 e. The van der Waals surface area contributed by atoms with E-state index < -0.39 is 14.2 Å². The SMILES string of the molecule is CCCCCCCCCCCCCCCCCCCCc1cc(B(O)O)c(CCCCCCCCCCCCCCCCCCCC)cc1B(O)O. The van der Waals surface area contributed by atoms with Crippen molar-refractivity contribution in [2.75, 3.05) is 0 Å². The first kappa shape index (κ1) is 49.2. The fourth-order valence-electron chi connectivity index (χ4n) is 8.08. The largest absolute Gasteiger partial charge is 0.488 e. The predicted octanol–water partition coefficient (Wildman–Crippen LogP) is 12.2. The topological polar surface area (TPSA) is 80.9 Å². The smallest absolute Gasteiger partial charge is 0.423 e. The molecule has 0 heterocycles. The summed E-state index contributed by atoms with van der Waals surface area (Å²) in [6.07, 6.45) is 49.7. The van der Waals surface area contributed by atoms with E-state index in [1.54, 1.807) is 0 Å². The molecule has 52 heavy (non-hydrogen) atoms. The molecule has 1 aromatic carbocycles. The van der Waals surface area contributed by atoms with Gasteiger partial charge in [-0.25, -0.2) is 0 Å². The molecular weight excluding hydrogens is 638 g/mol. The Bertz CT molecular complexity index is 822. The highest BCUT2D eigenvalue weighted by atomic mass is 16.4. The van der Waals surface area contributed by atoms with Crippen molar-refractivity contribution in [2.45, 2.75) is 258 Å². The molecule has 0 amide bonds. The summed E-state index contributed by atoms with van der Waals surface area (Å²) >= 11 is 0. The van der Waals surface area contributed by atoms with Crippen LogP contribution in [0.25, 0.3) is 0 Å². The van der Waals surface area contributed by atoms with Gasteiger partial charge in [0.1, 0.15) is 0 Å². The van der Waals surface area contributed by atoms with Gasteiger partial charge in [0.2, 0.25) is 0 Å². The van der Waals surface area contributed by atoms with E-state index in [0.717, 1.165) is 49.7 Å². The summed E-state index contributed by atoms with van der Waals surface area (Å²) in [4.78, 5) is 0. The molecule has 0 saturated heterocycles. The van der Waals surface area contributed by atoms with Gasteiger partial charge in [-0.15, -0.1) is 0 Å². The van der Waals surface area contributed by atoms with Crippen molar-refractivity contribution in [3.8, 4) is 0 Å². The predicted molar refractivity (Wildman–Crippen MR) is 231 cm³/mol. The molecule has 0 aliphatic carbocycles. The van der Waals surface area contributed by atoms with E-state index in [0.29, 0.717) is 10.9 Å². The van der Waals surface area contributed by atoms with Crippen molar-refractivity contribution >= 4 is 25.2 Å². The quantitative estimate of drug-likeness (QED) is 0.0401. The molecule has 0 saturated carbocycles. The lowest BCUT2D eigenvalue weighted by Gasteiger charge is -2.16. The van der Waals surface area contributed by atoms with Crippen LogP contribution < -0.4 is 10.9 Å². The third-order valence-corrected chi connectivity index (χ3v) is 11.6. The Labute approximate surface area is 325 Å². The van der Waals surface area contributed by atoms with Gasteiger partial charge in [-0.3, -0.25) is 0 Å². The van der Waals surface area contributed by atoms with Crippen LogP contribution in [0.15, 0.2) is 12.1 Å². The van der Waals surface area contributed by atoms with Gasteiger partial charge < -0.3 is 20.1 Å². The molecule has 4 nitrogen and oxygen atoms in total. The molecule has 302 valence electrons. The Kier molecular flexibility index (Phi) is 35.1. The van der Waals surface area contributed by atoms with Gasteiger partial charge >= 0.3 is 14.2 Å². The van der Waals surface area contributed by atoms with Crippen LogP contribution in [0.1, 0.15) is 256 Å². The van der Waals surface area contributed by atoms with Crippen LogP contribution in [0.2, 0.25) is 0 Å². The fraction of sp³-hybridized carbons (Fsp3) is 0.870. The molecular formula is C46H88B2O4. The number of hydrogen-bond donors (Lipinski definition) is 4. The van der Waals surface area contributed by atoms with Crippen LogP contribution in [0.4, 0.5) is 0 Å². The molecule has 0 unspecified atom stereocenters. The lowest BCUT2D eigenvalue weighted by molar-refractivity contribution is 0.422. The van der Waals surface area contributed by atoms with E-state index >= 15 is 0 Å². The Balaban J connectivity index is 2.14. The highest BCUT2D eigenvalue weighted by Crippen LogP contribution is 2.17. The normalized spacial score (nSPS) is 11.5. The van der Waals surface area contributed by atoms with Crippen molar-refractivity contribution in [3.05, 3.63) is 23.3 Å². The van der Waals surface area contributed by atoms with Crippen molar-refractivity contribution in [1.82, 2.24) is 0 Å². The van der Waals surface area contributed by atoms with Crippen LogP contribution in [0, 0.1) is 0 Å². The average Bonchev–Trinajstić information content (AvgIpc) is 3.13. The maximum atomic E-state index is 10.2. The zero-order valence-corrected chi connectivity index (χ0v) is 35.0. The monoisotopic (exact) mass is 727 g/mol. The average molecular weight is 727 g/mol. The van der Waals surface area contributed by atoms with Crippen LogP contribution in [0.3, 0.4) is 0 Å². The van der Waals surface area contributed by atoms with E-state index in [-0.39, 0.29) is 0 Å². The zero-order valence-electron chi connectivity index (χ0n) is 35.0. The molecule has 0 atom stereocenters. The van der Waals surface area contributed by atoms with E-state index in [1.165, 1.54) is 205 Å². The first-order valence-corrected chi connectivity index (χ1v) is 23.4. The summed E-state index contributed by atoms with van der Waals surface area (Å²) in [7, 11) is -3.07. The van der Waals surface area contributed by atoms with Crippen molar-refractivity contribution in [2.24, 2.45) is 0 Å². The third-order valence-electron chi connectivity index (χ3n) is 11.6. The van der Waals surface area contributed by atoms with E-state index in [4.69, 9.17) is 0 Å². The Hall–Kier alpha value is -0.810. The van der Waals surface area contributed by atoms with Crippen molar-refractivity contribution < 1.29 is 20.1 Å². The maximum absolute atomic E-state index is 10.2. The van der Waals surface area contributed by atoms with Crippen LogP contribution >= 0.6 is 0 Å². The third kappa shape index (κ3) is 28.6. The number of benzene rings is 1. The molecule has 0 spiro atoms. The molecule has 0 radical (unpaired) electrons. The first-order chi connectivity index (χ1) is 25.5. The van der Waals surface area contributed by atoms with Crippen molar-refractivity contribution in [1.29, 1.82) is 0 Å².